The summed E-state index contributed by atoms with van der Waals surface area (Å²) in [5.41, 5.74) is 0.619. The molecule has 0 saturated carbocycles. The summed E-state index contributed by atoms with van der Waals surface area (Å²) in [6.45, 7) is 5.47. The van der Waals surface area contributed by atoms with Crippen LogP contribution in [0.4, 0.5) is 22.2 Å². The molecule has 0 spiro atoms. The number of aromatic nitrogens is 3. The molecule has 24 heavy (non-hydrogen) atoms. The third-order valence-electron chi connectivity index (χ3n) is 3.71. The molecule has 126 valence electrons. The van der Waals surface area contributed by atoms with Gasteiger partial charge in [0, 0.05) is 38.6 Å². The predicted molar refractivity (Wildman–Crippen MR) is 91.3 cm³/mol. The predicted octanol–water partition coefficient (Wildman–Crippen LogP) is 1.77. The molecule has 0 radical (unpaired) electrons. The quantitative estimate of drug-likeness (QED) is 0.915. The highest BCUT2D eigenvalue weighted by Crippen LogP contribution is 2.17. The van der Waals surface area contributed by atoms with Crippen LogP contribution in [0.5, 0.6) is 0 Å². The Hall–Kier alpha value is -2.90. The molecule has 3 heterocycles. The zero-order chi connectivity index (χ0) is 16.8. The molecule has 1 fully saturated rings. The minimum absolute atomic E-state index is 0.340. The standard InChI is InChI=1S/C16H20N6O2/c1-2-24-16(23)20-13-4-5-14(19-12-13)21-8-10-22(11-9-21)15-17-6-3-7-18-15/h3-7,12H,2,8-11H2,1H3,(H,20,23). The zero-order valence-electron chi connectivity index (χ0n) is 13.6. The van der Waals surface area contributed by atoms with Gasteiger partial charge in [0.1, 0.15) is 5.82 Å². The Balaban J connectivity index is 1.55. The van der Waals surface area contributed by atoms with Gasteiger partial charge < -0.3 is 14.5 Å². The van der Waals surface area contributed by atoms with E-state index in [9.17, 15) is 4.79 Å². The topological polar surface area (TPSA) is 83.5 Å². The summed E-state index contributed by atoms with van der Waals surface area (Å²) in [5.74, 6) is 1.65. The van der Waals surface area contributed by atoms with Gasteiger partial charge in [-0.2, -0.15) is 0 Å². The first-order chi connectivity index (χ1) is 11.8. The molecule has 8 heteroatoms. The minimum Gasteiger partial charge on any atom is -0.450 e. The van der Waals surface area contributed by atoms with Gasteiger partial charge in [-0.1, -0.05) is 0 Å². The second-order valence-corrected chi connectivity index (χ2v) is 5.27. The van der Waals surface area contributed by atoms with Crippen molar-refractivity contribution < 1.29 is 9.53 Å². The first-order valence-corrected chi connectivity index (χ1v) is 7.93. The maximum Gasteiger partial charge on any atom is 0.411 e. The Labute approximate surface area is 140 Å². The third-order valence-corrected chi connectivity index (χ3v) is 3.71. The lowest BCUT2D eigenvalue weighted by molar-refractivity contribution is 0.168. The number of pyridine rings is 1. The van der Waals surface area contributed by atoms with Crippen molar-refractivity contribution >= 4 is 23.5 Å². The van der Waals surface area contributed by atoms with E-state index in [0.29, 0.717) is 12.3 Å². The van der Waals surface area contributed by atoms with Crippen LogP contribution in [0, 0.1) is 0 Å². The van der Waals surface area contributed by atoms with Crippen molar-refractivity contribution in [2.24, 2.45) is 0 Å². The molecule has 0 aliphatic carbocycles. The van der Waals surface area contributed by atoms with Crippen molar-refractivity contribution in [3.8, 4) is 0 Å². The molecule has 2 aromatic heterocycles. The maximum absolute atomic E-state index is 11.4. The lowest BCUT2D eigenvalue weighted by Crippen LogP contribution is -2.47. The number of carbonyl (C=O) groups excluding carboxylic acids is 1. The molecule has 0 aromatic carbocycles. The van der Waals surface area contributed by atoms with E-state index in [-0.39, 0.29) is 0 Å². The Morgan fingerprint density at radius 3 is 2.46 bits per heavy atom. The maximum atomic E-state index is 11.4. The number of anilines is 3. The summed E-state index contributed by atoms with van der Waals surface area (Å²) in [6.07, 6.45) is 4.68. The molecule has 3 rings (SSSR count). The van der Waals surface area contributed by atoms with Gasteiger partial charge >= 0.3 is 6.09 Å². The molecule has 1 aliphatic heterocycles. The van der Waals surface area contributed by atoms with Gasteiger partial charge in [-0.05, 0) is 25.1 Å². The van der Waals surface area contributed by atoms with E-state index in [1.807, 2.05) is 18.2 Å². The van der Waals surface area contributed by atoms with E-state index < -0.39 is 6.09 Å². The van der Waals surface area contributed by atoms with Crippen LogP contribution in [-0.2, 0) is 4.74 Å². The molecule has 1 N–H and O–H groups in total. The Morgan fingerprint density at radius 1 is 1.12 bits per heavy atom. The van der Waals surface area contributed by atoms with Gasteiger partial charge in [0.15, 0.2) is 0 Å². The van der Waals surface area contributed by atoms with Crippen LogP contribution in [0.15, 0.2) is 36.8 Å². The van der Waals surface area contributed by atoms with E-state index in [1.54, 1.807) is 25.5 Å². The molecule has 1 amide bonds. The second kappa shape index (κ2) is 7.58. The summed E-state index contributed by atoms with van der Waals surface area (Å²) in [4.78, 5) is 28.7. The summed E-state index contributed by atoms with van der Waals surface area (Å²) < 4.78 is 4.84. The first-order valence-electron chi connectivity index (χ1n) is 7.93. The van der Waals surface area contributed by atoms with Crippen LogP contribution in [0.2, 0.25) is 0 Å². The van der Waals surface area contributed by atoms with Crippen molar-refractivity contribution in [2.45, 2.75) is 6.92 Å². The van der Waals surface area contributed by atoms with E-state index in [2.05, 4.69) is 30.1 Å². The highest BCUT2D eigenvalue weighted by Gasteiger charge is 2.19. The molecule has 8 nitrogen and oxygen atoms in total. The van der Waals surface area contributed by atoms with Crippen LogP contribution >= 0.6 is 0 Å². The van der Waals surface area contributed by atoms with Gasteiger partial charge in [0.05, 0.1) is 18.5 Å². The van der Waals surface area contributed by atoms with Gasteiger partial charge in [0.25, 0.3) is 0 Å². The summed E-state index contributed by atoms with van der Waals surface area (Å²) in [6, 6.07) is 5.54. The smallest absolute Gasteiger partial charge is 0.411 e. The zero-order valence-corrected chi connectivity index (χ0v) is 13.6. The summed E-state index contributed by atoms with van der Waals surface area (Å²) in [7, 11) is 0. The van der Waals surface area contributed by atoms with Crippen molar-refractivity contribution in [3.63, 3.8) is 0 Å². The average Bonchev–Trinajstić information content (AvgIpc) is 2.63. The highest BCUT2D eigenvalue weighted by atomic mass is 16.5. The molecular formula is C16H20N6O2. The SMILES string of the molecule is CCOC(=O)Nc1ccc(N2CCN(c3ncccn3)CC2)nc1. The Morgan fingerprint density at radius 2 is 1.83 bits per heavy atom. The van der Waals surface area contributed by atoms with Gasteiger partial charge in [-0.25, -0.2) is 19.7 Å². The van der Waals surface area contributed by atoms with Crippen molar-refractivity contribution in [1.29, 1.82) is 0 Å². The molecule has 0 bridgehead atoms. The molecular weight excluding hydrogens is 308 g/mol. The number of nitrogens with zero attached hydrogens (tertiary/aromatic N) is 5. The molecule has 1 aliphatic rings. The minimum atomic E-state index is -0.469. The fraction of sp³-hybridized carbons (Fsp3) is 0.375. The third kappa shape index (κ3) is 3.89. The largest absolute Gasteiger partial charge is 0.450 e. The molecule has 2 aromatic rings. The normalized spacial score (nSPS) is 14.4. The van der Waals surface area contributed by atoms with Gasteiger partial charge in [0.2, 0.25) is 5.95 Å². The van der Waals surface area contributed by atoms with E-state index in [4.69, 9.17) is 4.74 Å². The summed E-state index contributed by atoms with van der Waals surface area (Å²) >= 11 is 0. The number of piperazine rings is 1. The average molecular weight is 328 g/mol. The van der Waals surface area contributed by atoms with Crippen molar-refractivity contribution in [2.75, 3.05) is 47.9 Å². The number of rotatable bonds is 4. The second-order valence-electron chi connectivity index (χ2n) is 5.27. The molecule has 0 unspecified atom stereocenters. The van der Waals surface area contributed by atoms with Crippen molar-refractivity contribution in [1.82, 2.24) is 15.0 Å². The van der Waals surface area contributed by atoms with Crippen LogP contribution in [0.25, 0.3) is 0 Å². The molecule has 0 atom stereocenters. The fourth-order valence-corrected chi connectivity index (χ4v) is 2.52. The fourth-order valence-electron chi connectivity index (χ4n) is 2.52. The van der Waals surface area contributed by atoms with Gasteiger partial charge in [-0.15, -0.1) is 0 Å². The van der Waals surface area contributed by atoms with Crippen LogP contribution in [0.3, 0.4) is 0 Å². The lowest BCUT2D eigenvalue weighted by Gasteiger charge is -2.35. The van der Waals surface area contributed by atoms with Crippen molar-refractivity contribution in [3.05, 3.63) is 36.8 Å². The first kappa shape index (κ1) is 16.0. The van der Waals surface area contributed by atoms with E-state index in [0.717, 1.165) is 37.9 Å². The number of carbonyl (C=O) groups is 1. The van der Waals surface area contributed by atoms with Crippen LogP contribution in [-0.4, -0.2) is 53.8 Å². The number of hydrogen-bond acceptors (Lipinski definition) is 7. The number of hydrogen-bond donors (Lipinski definition) is 1. The Bertz CT molecular complexity index is 656. The van der Waals surface area contributed by atoms with Crippen LogP contribution < -0.4 is 15.1 Å². The monoisotopic (exact) mass is 328 g/mol. The summed E-state index contributed by atoms with van der Waals surface area (Å²) in [5, 5.41) is 2.63. The number of amides is 1. The number of nitrogens with one attached hydrogen (secondary N) is 1. The van der Waals surface area contributed by atoms with E-state index in [1.165, 1.54) is 0 Å². The highest BCUT2D eigenvalue weighted by molar-refractivity contribution is 5.84. The van der Waals surface area contributed by atoms with Crippen LogP contribution in [0.1, 0.15) is 6.92 Å². The number of ether oxygens (including phenoxy) is 1. The van der Waals surface area contributed by atoms with Gasteiger partial charge in [-0.3, -0.25) is 5.32 Å². The van der Waals surface area contributed by atoms with E-state index >= 15 is 0 Å². The molecule has 1 saturated heterocycles. The lowest BCUT2D eigenvalue weighted by atomic mass is 10.3. The Kier molecular flexibility index (Phi) is 5.05.